The van der Waals surface area contributed by atoms with E-state index in [-0.39, 0.29) is 5.78 Å². The Hall–Kier alpha value is -3.21. The SMILES string of the molecule is Cc1ccccc1-c1ccc(OCCN(C)C)c(C=CC(=O)c2ccc(CN(C)C)cc2)c1. The van der Waals surface area contributed by atoms with E-state index < -0.39 is 0 Å². The van der Waals surface area contributed by atoms with Gasteiger partial charge < -0.3 is 14.5 Å². The van der Waals surface area contributed by atoms with E-state index in [1.165, 1.54) is 16.7 Å². The molecule has 0 aliphatic rings. The maximum absolute atomic E-state index is 12.8. The van der Waals surface area contributed by atoms with Gasteiger partial charge in [0.05, 0.1) is 0 Å². The lowest BCUT2D eigenvalue weighted by atomic mass is 9.98. The van der Waals surface area contributed by atoms with Gasteiger partial charge in [-0.3, -0.25) is 4.79 Å². The molecule has 0 amide bonds. The van der Waals surface area contributed by atoms with E-state index in [0.717, 1.165) is 30.0 Å². The van der Waals surface area contributed by atoms with Crippen molar-refractivity contribution in [3.63, 3.8) is 0 Å². The predicted molar refractivity (Wildman–Crippen MR) is 138 cm³/mol. The molecule has 4 heteroatoms. The third-order valence-electron chi connectivity index (χ3n) is 5.41. The number of likely N-dealkylation sites (N-methyl/N-ethyl adjacent to an activating group) is 1. The highest BCUT2D eigenvalue weighted by Crippen LogP contribution is 2.30. The number of ketones is 1. The van der Waals surface area contributed by atoms with Crippen LogP contribution in [0.2, 0.25) is 0 Å². The average Bonchev–Trinajstić information content (AvgIpc) is 2.78. The second-order valence-electron chi connectivity index (χ2n) is 8.85. The molecule has 0 aliphatic carbocycles. The molecule has 0 aliphatic heterocycles. The fourth-order valence-electron chi connectivity index (χ4n) is 3.61. The third kappa shape index (κ3) is 7.14. The number of ether oxygens (including phenoxy) is 1. The average molecular weight is 443 g/mol. The Morgan fingerprint density at radius 2 is 1.64 bits per heavy atom. The van der Waals surface area contributed by atoms with Crippen molar-refractivity contribution in [2.75, 3.05) is 41.3 Å². The molecule has 0 atom stereocenters. The lowest BCUT2D eigenvalue weighted by Gasteiger charge is -2.14. The van der Waals surface area contributed by atoms with Gasteiger partial charge in [-0.2, -0.15) is 0 Å². The lowest BCUT2D eigenvalue weighted by molar-refractivity contribution is 0.104. The van der Waals surface area contributed by atoms with E-state index in [0.29, 0.717) is 12.2 Å². The van der Waals surface area contributed by atoms with Gasteiger partial charge in [0.1, 0.15) is 12.4 Å². The van der Waals surface area contributed by atoms with Gasteiger partial charge in [0.2, 0.25) is 0 Å². The van der Waals surface area contributed by atoms with E-state index in [4.69, 9.17) is 4.74 Å². The van der Waals surface area contributed by atoms with E-state index in [1.54, 1.807) is 6.08 Å². The Morgan fingerprint density at radius 3 is 2.30 bits per heavy atom. The van der Waals surface area contributed by atoms with Crippen LogP contribution in [0.4, 0.5) is 0 Å². The minimum Gasteiger partial charge on any atom is -0.492 e. The Morgan fingerprint density at radius 1 is 0.909 bits per heavy atom. The highest BCUT2D eigenvalue weighted by molar-refractivity contribution is 6.07. The van der Waals surface area contributed by atoms with Crippen molar-refractivity contribution < 1.29 is 9.53 Å². The minimum atomic E-state index is -0.0214. The molecule has 3 aromatic carbocycles. The number of hydrogen-bond donors (Lipinski definition) is 0. The normalized spacial score (nSPS) is 11.5. The molecule has 0 spiro atoms. The van der Waals surface area contributed by atoms with Crippen molar-refractivity contribution in [1.29, 1.82) is 0 Å². The summed E-state index contributed by atoms with van der Waals surface area (Å²) < 4.78 is 6.05. The number of benzene rings is 3. The molecule has 0 saturated carbocycles. The number of carbonyl (C=O) groups is 1. The topological polar surface area (TPSA) is 32.8 Å². The van der Waals surface area contributed by atoms with Crippen LogP contribution in [0.3, 0.4) is 0 Å². The Labute approximate surface area is 198 Å². The fourth-order valence-corrected chi connectivity index (χ4v) is 3.61. The van der Waals surface area contributed by atoms with E-state index >= 15 is 0 Å². The summed E-state index contributed by atoms with van der Waals surface area (Å²) in [7, 11) is 8.11. The van der Waals surface area contributed by atoms with E-state index in [9.17, 15) is 4.79 Å². The first kappa shape index (κ1) is 24.4. The summed E-state index contributed by atoms with van der Waals surface area (Å²) in [5.41, 5.74) is 6.25. The summed E-state index contributed by atoms with van der Waals surface area (Å²) in [5, 5.41) is 0. The highest BCUT2D eigenvalue weighted by atomic mass is 16.5. The number of aryl methyl sites for hydroxylation is 1. The molecule has 3 rings (SSSR count). The molecule has 33 heavy (non-hydrogen) atoms. The number of hydrogen-bond acceptors (Lipinski definition) is 4. The molecule has 3 aromatic rings. The molecule has 0 heterocycles. The number of carbonyl (C=O) groups excluding carboxylic acids is 1. The van der Waals surface area contributed by atoms with Gasteiger partial charge in [-0.15, -0.1) is 0 Å². The highest BCUT2D eigenvalue weighted by Gasteiger charge is 2.09. The van der Waals surface area contributed by atoms with E-state index in [1.807, 2.05) is 76.7 Å². The van der Waals surface area contributed by atoms with Crippen LogP contribution in [0.5, 0.6) is 5.75 Å². The van der Waals surface area contributed by atoms with Crippen LogP contribution in [-0.2, 0) is 6.54 Å². The van der Waals surface area contributed by atoms with Crippen LogP contribution < -0.4 is 4.74 Å². The van der Waals surface area contributed by atoms with Crippen LogP contribution in [-0.4, -0.2) is 56.9 Å². The van der Waals surface area contributed by atoms with E-state index in [2.05, 4.69) is 41.0 Å². The first-order valence-corrected chi connectivity index (χ1v) is 11.3. The Balaban J connectivity index is 1.86. The van der Waals surface area contributed by atoms with Gasteiger partial charge in [0.15, 0.2) is 5.78 Å². The summed E-state index contributed by atoms with van der Waals surface area (Å²) in [6, 6.07) is 22.3. The van der Waals surface area contributed by atoms with Gasteiger partial charge in [-0.25, -0.2) is 0 Å². The number of nitrogens with zero attached hydrogens (tertiary/aromatic N) is 2. The molecule has 0 unspecified atom stereocenters. The zero-order valence-corrected chi connectivity index (χ0v) is 20.3. The van der Waals surface area contributed by atoms with Crippen molar-refractivity contribution in [2.24, 2.45) is 0 Å². The number of rotatable bonds is 10. The second-order valence-corrected chi connectivity index (χ2v) is 8.85. The van der Waals surface area contributed by atoms with Crippen LogP contribution in [0.15, 0.2) is 72.8 Å². The predicted octanol–water partition coefficient (Wildman–Crippen LogP) is 5.56. The van der Waals surface area contributed by atoms with Crippen molar-refractivity contribution >= 4 is 11.9 Å². The van der Waals surface area contributed by atoms with Crippen molar-refractivity contribution in [3.8, 4) is 16.9 Å². The minimum absolute atomic E-state index is 0.0214. The Kier molecular flexibility index (Phi) is 8.58. The first-order valence-electron chi connectivity index (χ1n) is 11.3. The van der Waals surface area contributed by atoms with Crippen molar-refractivity contribution in [1.82, 2.24) is 9.80 Å². The molecule has 0 fully saturated rings. The van der Waals surface area contributed by atoms with Gasteiger partial charge in [0, 0.05) is 24.2 Å². The van der Waals surface area contributed by atoms with Gasteiger partial charge in [0.25, 0.3) is 0 Å². The fraction of sp³-hybridized carbons (Fsp3) is 0.276. The largest absolute Gasteiger partial charge is 0.492 e. The molecular weight excluding hydrogens is 408 g/mol. The van der Waals surface area contributed by atoms with Crippen LogP contribution >= 0.6 is 0 Å². The Bertz CT molecular complexity index is 1100. The summed E-state index contributed by atoms with van der Waals surface area (Å²) in [4.78, 5) is 17.0. The maximum atomic E-state index is 12.8. The molecule has 172 valence electrons. The third-order valence-corrected chi connectivity index (χ3v) is 5.41. The zero-order valence-electron chi connectivity index (χ0n) is 20.3. The second kappa shape index (κ2) is 11.6. The van der Waals surface area contributed by atoms with Gasteiger partial charge in [-0.1, -0.05) is 54.6 Å². The molecule has 0 aromatic heterocycles. The van der Waals surface area contributed by atoms with Crippen molar-refractivity contribution in [3.05, 3.63) is 95.1 Å². The van der Waals surface area contributed by atoms with Crippen LogP contribution in [0, 0.1) is 6.92 Å². The summed E-state index contributed by atoms with van der Waals surface area (Å²) in [5.74, 6) is 0.756. The molecule has 0 bridgehead atoms. The smallest absolute Gasteiger partial charge is 0.185 e. The maximum Gasteiger partial charge on any atom is 0.185 e. The molecule has 0 radical (unpaired) electrons. The summed E-state index contributed by atoms with van der Waals surface area (Å²) >= 11 is 0. The molecule has 4 nitrogen and oxygen atoms in total. The van der Waals surface area contributed by atoms with Gasteiger partial charge in [-0.05, 0) is 81.7 Å². The molecule has 0 saturated heterocycles. The standard InChI is InChI=1S/C29H34N2O2/c1-22-8-6-7-9-27(22)25-15-17-29(33-19-18-30(2)3)26(20-25)14-16-28(32)24-12-10-23(11-13-24)21-31(4)5/h6-17,20H,18-19,21H2,1-5H3. The number of allylic oxidation sites excluding steroid dienone is 1. The molecule has 0 N–H and O–H groups in total. The molecular formula is C29H34N2O2. The monoisotopic (exact) mass is 442 g/mol. The summed E-state index contributed by atoms with van der Waals surface area (Å²) in [6.45, 7) is 4.36. The quantitative estimate of drug-likeness (QED) is 0.304. The zero-order chi connectivity index (χ0) is 23.8. The van der Waals surface area contributed by atoms with Crippen molar-refractivity contribution in [2.45, 2.75) is 13.5 Å². The van der Waals surface area contributed by atoms with Crippen LogP contribution in [0.1, 0.15) is 27.0 Å². The lowest BCUT2D eigenvalue weighted by Crippen LogP contribution is -2.19. The summed E-state index contributed by atoms with van der Waals surface area (Å²) in [6.07, 6.45) is 3.50. The first-order chi connectivity index (χ1) is 15.8. The van der Waals surface area contributed by atoms with Crippen LogP contribution in [0.25, 0.3) is 17.2 Å². The van der Waals surface area contributed by atoms with Gasteiger partial charge >= 0.3 is 0 Å².